The fourth-order valence-corrected chi connectivity index (χ4v) is 1.27. The third-order valence-corrected chi connectivity index (χ3v) is 2.04. The van der Waals surface area contributed by atoms with E-state index in [0.29, 0.717) is 18.3 Å². The van der Waals surface area contributed by atoms with Gasteiger partial charge in [-0.3, -0.25) is 0 Å². The van der Waals surface area contributed by atoms with Gasteiger partial charge in [-0.25, -0.2) is 4.98 Å². The van der Waals surface area contributed by atoms with Crippen LogP contribution in [0.1, 0.15) is 11.7 Å². The predicted octanol–water partition coefficient (Wildman–Crippen LogP) is 1.43. The van der Waals surface area contributed by atoms with E-state index < -0.39 is 0 Å². The number of nitrogens with one attached hydrogen (secondary N) is 2. The summed E-state index contributed by atoms with van der Waals surface area (Å²) in [5.41, 5.74) is 0.960. The maximum Gasteiger partial charge on any atom is 0.223 e. The van der Waals surface area contributed by atoms with E-state index in [1.54, 1.807) is 13.1 Å². The van der Waals surface area contributed by atoms with Gasteiger partial charge in [-0.2, -0.15) is 4.98 Å². The van der Waals surface area contributed by atoms with E-state index in [-0.39, 0.29) is 0 Å². The highest BCUT2D eigenvalue weighted by atomic mass is 16.5. The lowest BCUT2D eigenvalue weighted by Gasteiger charge is -2.04. The molecule has 0 aliphatic heterocycles. The zero-order valence-electron chi connectivity index (χ0n) is 9.19. The van der Waals surface area contributed by atoms with Crippen molar-refractivity contribution >= 4 is 11.5 Å². The molecule has 0 aliphatic carbocycles. The van der Waals surface area contributed by atoms with E-state index in [1.807, 2.05) is 19.2 Å². The number of aryl methyl sites for hydroxylation is 1. The summed E-state index contributed by atoms with van der Waals surface area (Å²) in [4.78, 5) is 8.21. The number of rotatable bonds is 4. The van der Waals surface area contributed by atoms with Crippen LogP contribution < -0.4 is 10.6 Å². The van der Waals surface area contributed by atoms with Crippen LogP contribution in [-0.2, 0) is 6.54 Å². The Labute approximate surface area is 93.1 Å². The van der Waals surface area contributed by atoms with Crippen LogP contribution in [0.2, 0.25) is 0 Å². The van der Waals surface area contributed by atoms with Gasteiger partial charge in [0.2, 0.25) is 5.89 Å². The highest BCUT2D eigenvalue weighted by molar-refractivity contribution is 5.51. The molecule has 0 spiro atoms. The Hall–Kier alpha value is -2.11. The van der Waals surface area contributed by atoms with Crippen molar-refractivity contribution in [3.05, 3.63) is 30.0 Å². The molecule has 2 aromatic heterocycles. The van der Waals surface area contributed by atoms with Crippen LogP contribution in [0.25, 0.3) is 0 Å². The summed E-state index contributed by atoms with van der Waals surface area (Å²) in [6, 6.07) is 3.79. The lowest BCUT2D eigenvalue weighted by atomic mass is 10.4. The van der Waals surface area contributed by atoms with E-state index in [9.17, 15) is 0 Å². The second-order valence-electron chi connectivity index (χ2n) is 3.26. The van der Waals surface area contributed by atoms with Gasteiger partial charge in [-0.15, -0.1) is 0 Å². The second-order valence-corrected chi connectivity index (χ2v) is 3.26. The molecule has 0 amide bonds. The van der Waals surface area contributed by atoms with Gasteiger partial charge in [0.05, 0.1) is 6.54 Å². The van der Waals surface area contributed by atoms with Crippen molar-refractivity contribution in [3.8, 4) is 0 Å². The van der Waals surface area contributed by atoms with Crippen molar-refractivity contribution in [1.29, 1.82) is 0 Å². The first-order chi connectivity index (χ1) is 7.78. The Balaban J connectivity index is 1.99. The monoisotopic (exact) mass is 219 g/mol. The molecule has 2 rings (SSSR count). The summed E-state index contributed by atoms with van der Waals surface area (Å²) >= 11 is 0. The van der Waals surface area contributed by atoms with Gasteiger partial charge in [0.25, 0.3) is 0 Å². The minimum Gasteiger partial charge on any atom is -0.377 e. The van der Waals surface area contributed by atoms with Crippen molar-refractivity contribution in [2.24, 2.45) is 0 Å². The maximum atomic E-state index is 4.87. The lowest BCUT2D eigenvalue weighted by Crippen LogP contribution is -2.02. The van der Waals surface area contributed by atoms with Crippen molar-refractivity contribution in [2.45, 2.75) is 13.5 Å². The van der Waals surface area contributed by atoms with Gasteiger partial charge in [0, 0.05) is 31.9 Å². The first-order valence-electron chi connectivity index (χ1n) is 4.95. The molecule has 0 aromatic carbocycles. The number of hydrogen-bond acceptors (Lipinski definition) is 6. The van der Waals surface area contributed by atoms with Crippen LogP contribution in [0.5, 0.6) is 0 Å². The first kappa shape index (κ1) is 10.4. The molecule has 0 atom stereocenters. The Kier molecular flexibility index (Phi) is 3.00. The Bertz CT molecular complexity index is 468. The van der Waals surface area contributed by atoms with Crippen molar-refractivity contribution in [3.63, 3.8) is 0 Å². The minimum atomic E-state index is 0.532. The molecule has 0 bridgehead atoms. The molecule has 2 N–H and O–H groups in total. The van der Waals surface area contributed by atoms with Crippen LogP contribution in [0, 0.1) is 6.92 Å². The molecular formula is C10H13N5O. The van der Waals surface area contributed by atoms with E-state index in [2.05, 4.69) is 25.8 Å². The molecule has 0 radical (unpaired) electrons. The number of pyridine rings is 1. The van der Waals surface area contributed by atoms with Gasteiger partial charge >= 0.3 is 0 Å². The van der Waals surface area contributed by atoms with Crippen LogP contribution in [0.4, 0.5) is 11.5 Å². The number of aromatic nitrogens is 3. The highest BCUT2D eigenvalue weighted by Crippen LogP contribution is 2.11. The van der Waals surface area contributed by atoms with E-state index in [4.69, 9.17) is 4.52 Å². The summed E-state index contributed by atoms with van der Waals surface area (Å²) in [5.74, 6) is 2.03. The smallest absolute Gasteiger partial charge is 0.223 e. The van der Waals surface area contributed by atoms with E-state index in [0.717, 1.165) is 11.5 Å². The molecular weight excluding hydrogens is 206 g/mol. The molecule has 0 saturated carbocycles. The zero-order chi connectivity index (χ0) is 11.4. The average Bonchev–Trinajstić information content (AvgIpc) is 2.73. The van der Waals surface area contributed by atoms with Crippen LogP contribution in [0.3, 0.4) is 0 Å². The minimum absolute atomic E-state index is 0.532. The van der Waals surface area contributed by atoms with Crippen molar-refractivity contribution in [1.82, 2.24) is 15.1 Å². The zero-order valence-corrected chi connectivity index (χ0v) is 9.19. The number of hydrogen-bond donors (Lipinski definition) is 2. The molecule has 0 aliphatic rings. The fourth-order valence-electron chi connectivity index (χ4n) is 1.27. The van der Waals surface area contributed by atoms with Crippen molar-refractivity contribution < 1.29 is 4.52 Å². The van der Waals surface area contributed by atoms with Crippen LogP contribution >= 0.6 is 0 Å². The normalized spacial score (nSPS) is 10.1. The topological polar surface area (TPSA) is 75.9 Å². The molecule has 2 aromatic rings. The van der Waals surface area contributed by atoms with Gasteiger partial charge in [0.15, 0.2) is 5.82 Å². The fraction of sp³-hybridized carbons (Fsp3) is 0.300. The summed E-state index contributed by atoms with van der Waals surface area (Å²) in [7, 11) is 1.83. The standard InChI is InChI=1S/C10H13N5O/c1-7-14-10(15-16-7)6-13-8-3-4-12-9(5-8)11-2/h3-5H,6H2,1-2H3,(H2,11,12,13). The molecule has 0 unspecified atom stereocenters. The first-order valence-corrected chi connectivity index (χ1v) is 4.95. The number of nitrogens with zero attached hydrogens (tertiary/aromatic N) is 3. The van der Waals surface area contributed by atoms with Gasteiger partial charge < -0.3 is 15.2 Å². The molecule has 0 saturated heterocycles. The largest absolute Gasteiger partial charge is 0.377 e. The third-order valence-electron chi connectivity index (χ3n) is 2.04. The number of anilines is 2. The van der Waals surface area contributed by atoms with Crippen LogP contribution in [0.15, 0.2) is 22.9 Å². The summed E-state index contributed by atoms with van der Waals surface area (Å²) in [6.45, 7) is 2.30. The summed E-state index contributed by atoms with van der Waals surface area (Å²) < 4.78 is 4.87. The molecule has 2 heterocycles. The summed E-state index contributed by atoms with van der Waals surface area (Å²) in [5, 5.41) is 9.95. The SMILES string of the molecule is CNc1cc(NCc2noc(C)n2)ccn1. The highest BCUT2D eigenvalue weighted by Gasteiger charge is 2.01. The second kappa shape index (κ2) is 4.61. The molecule has 84 valence electrons. The Morgan fingerprint density at radius 2 is 2.31 bits per heavy atom. The average molecular weight is 219 g/mol. The van der Waals surface area contributed by atoms with Gasteiger partial charge in [-0.05, 0) is 6.07 Å². The lowest BCUT2D eigenvalue weighted by molar-refractivity contribution is 0.388. The third kappa shape index (κ3) is 2.47. The van der Waals surface area contributed by atoms with Crippen molar-refractivity contribution in [2.75, 3.05) is 17.7 Å². The van der Waals surface area contributed by atoms with Crippen LogP contribution in [-0.4, -0.2) is 22.2 Å². The molecule has 0 fully saturated rings. The molecule has 6 heteroatoms. The Morgan fingerprint density at radius 3 is 3.00 bits per heavy atom. The van der Waals surface area contributed by atoms with E-state index in [1.165, 1.54) is 0 Å². The van der Waals surface area contributed by atoms with E-state index >= 15 is 0 Å². The Morgan fingerprint density at radius 1 is 1.44 bits per heavy atom. The molecule has 6 nitrogen and oxygen atoms in total. The maximum absolute atomic E-state index is 4.87. The molecule has 16 heavy (non-hydrogen) atoms. The quantitative estimate of drug-likeness (QED) is 0.810. The van der Waals surface area contributed by atoms with Gasteiger partial charge in [0.1, 0.15) is 5.82 Å². The summed E-state index contributed by atoms with van der Waals surface area (Å²) in [6.07, 6.45) is 1.73. The predicted molar refractivity (Wildman–Crippen MR) is 60.1 cm³/mol. The van der Waals surface area contributed by atoms with Gasteiger partial charge in [-0.1, -0.05) is 5.16 Å².